The van der Waals surface area contributed by atoms with E-state index in [1.807, 2.05) is 0 Å². The molecule has 0 aliphatic rings. The SMILES string of the molecule is CCCCO.CCCCO.CCCCO.I.[Ti]. The van der Waals surface area contributed by atoms with Gasteiger partial charge in [-0.15, -0.1) is 24.0 Å². The van der Waals surface area contributed by atoms with Gasteiger partial charge in [0, 0.05) is 41.5 Å². The topological polar surface area (TPSA) is 60.7 Å². The number of rotatable bonds is 6. The van der Waals surface area contributed by atoms with Crippen LogP contribution in [-0.4, -0.2) is 35.1 Å². The Labute approximate surface area is 139 Å². The van der Waals surface area contributed by atoms with E-state index in [-0.39, 0.29) is 45.7 Å². The van der Waals surface area contributed by atoms with Crippen LogP contribution in [0, 0.1) is 0 Å². The van der Waals surface area contributed by atoms with Crippen molar-refractivity contribution in [1.82, 2.24) is 0 Å². The number of halogens is 1. The van der Waals surface area contributed by atoms with Crippen LogP contribution in [0.3, 0.4) is 0 Å². The van der Waals surface area contributed by atoms with Crippen LogP contribution in [0.4, 0.5) is 0 Å². The van der Waals surface area contributed by atoms with E-state index in [1.165, 1.54) is 0 Å². The molecule has 3 N–H and O–H groups in total. The Morgan fingerprint density at radius 3 is 0.765 bits per heavy atom. The first-order valence-electron chi connectivity index (χ1n) is 6.07. The molecule has 5 heteroatoms. The molecular weight excluding hydrogens is 367 g/mol. The van der Waals surface area contributed by atoms with Gasteiger partial charge in [0.1, 0.15) is 0 Å². The van der Waals surface area contributed by atoms with Crippen molar-refractivity contribution in [2.45, 2.75) is 59.3 Å². The van der Waals surface area contributed by atoms with E-state index in [9.17, 15) is 0 Å². The first-order chi connectivity index (χ1) is 7.24. The molecule has 0 atom stereocenters. The maximum atomic E-state index is 8.07. The smallest absolute Gasteiger partial charge is 0.0430 e. The Morgan fingerprint density at radius 2 is 0.765 bits per heavy atom. The van der Waals surface area contributed by atoms with Crippen LogP contribution in [0.15, 0.2) is 0 Å². The van der Waals surface area contributed by atoms with Crippen molar-refractivity contribution in [3.63, 3.8) is 0 Å². The Morgan fingerprint density at radius 1 is 0.588 bits per heavy atom. The van der Waals surface area contributed by atoms with Crippen LogP contribution >= 0.6 is 24.0 Å². The summed E-state index contributed by atoms with van der Waals surface area (Å²) in [6.07, 6.45) is 6.11. The molecule has 0 saturated carbocycles. The number of aliphatic hydroxyl groups excluding tert-OH is 3. The number of aliphatic hydroxyl groups is 3. The van der Waals surface area contributed by atoms with Crippen molar-refractivity contribution in [1.29, 1.82) is 0 Å². The molecular formula is C12H31IO3Ti. The second kappa shape index (κ2) is 43.3. The number of hydrogen-bond donors (Lipinski definition) is 3. The Hall–Kier alpha value is 1.32. The predicted molar refractivity (Wildman–Crippen MR) is 81.4 cm³/mol. The minimum atomic E-state index is 0. The van der Waals surface area contributed by atoms with Crippen molar-refractivity contribution < 1.29 is 37.0 Å². The number of unbranched alkanes of at least 4 members (excludes halogenated alkanes) is 3. The minimum absolute atomic E-state index is 0. The molecule has 3 nitrogen and oxygen atoms in total. The third-order valence-corrected chi connectivity index (χ3v) is 1.54. The maximum absolute atomic E-state index is 8.07. The van der Waals surface area contributed by atoms with Crippen molar-refractivity contribution >= 4 is 24.0 Å². The third-order valence-electron chi connectivity index (χ3n) is 1.54. The fourth-order valence-corrected chi connectivity index (χ4v) is 0.474. The molecule has 0 aromatic carbocycles. The molecule has 0 saturated heterocycles. The first kappa shape index (κ1) is 31.0. The van der Waals surface area contributed by atoms with Gasteiger partial charge in [0.2, 0.25) is 0 Å². The fourth-order valence-electron chi connectivity index (χ4n) is 0.474. The van der Waals surface area contributed by atoms with E-state index in [4.69, 9.17) is 15.3 Å². The van der Waals surface area contributed by atoms with Gasteiger partial charge in [0.25, 0.3) is 0 Å². The van der Waals surface area contributed by atoms with Gasteiger partial charge in [-0.05, 0) is 19.3 Å². The van der Waals surface area contributed by atoms with Crippen LogP contribution in [0.25, 0.3) is 0 Å². The van der Waals surface area contributed by atoms with Crippen LogP contribution in [0.2, 0.25) is 0 Å². The standard InChI is InChI=1S/3C4H10O.HI.Ti/c3*1-2-3-4-5;;/h3*5H,2-4H2,1H3;1H;. The summed E-state index contributed by atoms with van der Waals surface area (Å²) in [6.45, 7) is 7.19. The Kier molecular flexibility index (Phi) is 78.9. The summed E-state index contributed by atoms with van der Waals surface area (Å²) in [5.41, 5.74) is 0. The molecule has 0 heterocycles. The molecule has 0 amide bonds. The van der Waals surface area contributed by atoms with Crippen LogP contribution in [0.1, 0.15) is 59.3 Å². The molecule has 0 rings (SSSR count). The molecule has 0 aliphatic carbocycles. The van der Waals surface area contributed by atoms with Gasteiger partial charge in [-0.2, -0.15) is 0 Å². The summed E-state index contributed by atoms with van der Waals surface area (Å²) in [4.78, 5) is 0. The van der Waals surface area contributed by atoms with E-state index in [2.05, 4.69) is 20.8 Å². The largest absolute Gasteiger partial charge is 0.396 e. The summed E-state index contributed by atoms with van der Waals surface area (Å²) in [5.74, 6) is 0. The summed E-state index contributed by atoms with van der Waals surface area (Å²) in [7, 11) is 0. The van der Waals surface area contributed by atoms with E-state index in [1.54, 1.807) is 0 Å². The zero-order valence-electron chi connectivity index (χ0n) is 11.6. The van der Waals surface area contributed by atoms with Crippen molar-refractivity contribution in [2.24, 2.45) is 0 Å². The fraction of sp³-hybridized carbons (Fsp3) is 1.00. The van der Waals surface area contributed by atoms with Gasteiger partial charge in [0.05, 0.1) is 0 Å². The van der Waals surface area contributed by atoms with Gasteiger partial charge >= 0.3 is 0 Å². The van der Waals surface area contributed by atoms with E-state index < -0.39 is 0 Å². The van der Waals surface area contributed by atoms with E-state index >= 15 is 0 Å². The van der Waals surface area contributed by atoms with Gasteiger partial charge in [-0.1, -0.05) is 40.0 Å². The average Bonchev–Trinajstić information content (AvgIpc) is 2.23. The van der Waals surface area contributed by atoms with Crippen molar-refractivity contribution in [3.05, 3.63) is 0 Å². The average molecular weight is 398 g/mol. The molecule has 0 radical (unpaired) electrons. The molecule has 108 valence electrons. The molecule has 0 spiro atoms. The van der Waals surface area contributed by atoms with E-state index in [0.29, 0.717) is 19.8 Å². The second-order valence-electron chi connectivity index (χ2n) is 3.23. The Bertz CT molecular complexity index is 58.5. The minimum Gasteiger partial charge on any atom is -0.396 e. The maximum Gasteiger partial charge on any atom is 0.0430 e. The van der Waals surface area contributed by atoms with Crippen molar-refractivity contribution in [3.8, 4) is 0 Å². The zero-order valence-corrected chi connectivity index (χ0v) is 15.5. The monoisotopic (exact) mass is 398 g/mol. The molecule has 0 aromatic rings. The van der Waals surface area contributed by atoms with Gasteiger partial charge in [0.15, 0.2) is 0 Å². The van der Waals surface area contributed by atoms with Gasteiger partial charge in [-0.25, -0.2) is 0 Å². The molecule has 0 fully saturated rings. The van der Waals surface area contributed by atoms with Crippen molar-refractivity contribution in [2.75, 3.05) is 19.8 Å². The predicted octanol–water partition coefficient (Wildman–Crippen LogP) is 2.95. The third kappa shape index (κ3) is 75.8. The van der Waals surface area contributed by atoms with Gasteiger partial charge in [-0.3, -0.25) is 0 Å². The normalized spacial score (nSPS) is 7.41. The zero-order chi connectivity index (χ0) is 12.4. The molecule has 0 bridgehead atoms. The first-order valence-corrected chi connectivity index (χ1v) is 6.07. The summed E-state index contributed by atoms with van der Waals surface area (Å²) >= 11 is 0. The van der Waals surface area contributed by atoms with Crippen LogP contribution in [0.5, 0.6) is 0 Å². The quantitative estimate of drug-likeness (QED) is 0.477. The second-order valence-corrected chi connectivity index (χ2v) is 3.23. The Balaban J connectivity index is -0.0000000400. The summed E-state index contributed by atoms with van der Waals surface area (Å²) < 4.78 is 0. The molecule has 0 unspecified atom stereocenters. The van der Waals surface area contributed by atoms with Crippen LogP contribution < -0.4 is 0 Å². The van der Waals surface area contributed by atoms with Crippen LogP contribution in [-0.2, 0) is 21.7 Å². The summed E-state index contributed by atoms with van der Waals surface area (Å²) in [5, 5.41) is 24.2. The molecule has 0 aromatic heterocycles. The summed E-state index contributed by atoms with van der Waals surface area (Å²) in [6, 6.07) is 0. The molecule has 17 heavy (non-hydrogen) atoms. The van der Waals surface area contributed by atoms with Gasteiger partial charge < -0.3 is 15.3 Å². The molecule has 0 aliphatic heterocycles. The number of hydrogen-bond acceptors (Lipinski definition) is 3. The van der Waals surface area contributed by atoms with E-state index in [0.717, 1.165) is 38.5 Å².